The largest absolute Gasteiger partial charge is 0.389 e. The fraction of sp³-hybridized carbons (Fsp3) is 0.333. The third-order valence-electron chi connectivity index (χ3n) is 2.30. The standard InChI is InChI=1S/C12H12FN3O/c1-9(17)11-8-10(13)2-3-12(11)16(6-4-14)7-5-15/h2-3,8-9,17H,6-7H2,1H3/t9-/m1/s1. The van der Waals surface area contributed by atoms with Crippen LogP contribution in [-0.4, -0.2) is 18.2 Å². The summed E-state index contributed by atoms with van der Waals surface area (Å²) in [6, 6.07) is 7.78. The third-order valence-corrected chi connectivity index (χ3v) is 2.30. The summed E-state index contributed by atoms with van der Waals surface area (Å²) in [6.45, 7) is 1.53. The first kappa shape index (κ1) is 13.0. The smallest absolute Gasteiger partial charge is 0.123 e. The van der Waals surface area contributed by atoms with Gasteiger partial charge in [0.15, 0.2) is 0 Å². The average molecular weight is 233 g/mol. The van der Waals surface area contributed by atoms with Crippen LogP contribution in [0.4, 0.5) is 10.1 Å². The topological polar surface area (TPSA) is 71.0 Å². The van der Waals surface area contributed by atoms with Gasteiger partial charge in [-0.2, -0.15) is 10.5 Å². The first-order valence-electron chi connectivity index (χ1n) is 5.06. The zero-order valence-electron chi connectivity index (χ0n) is 9.39. The van der Waals surface area contributed by atoms with E-state index in [1.807, 2.05) is 12.1 Å². The maximum absolute atomic E-state index is 13.1. The van der Waals surface area contributed by atoms with E-state index in [4.69, 9.17) is 10.5 Å². The fourth-order valence-electron chi connectivity index (χ4n) is 1.54. The Labute approximate surface area is 99.1 Å². The van der Waals surface area contributed by atoms with E-state index in [1.54, 1.807) is 0 Å². The molecule has 0 unspecified atom stereocenters. The van der Waals surface area contributed by atoms with Crippen molar-refractivity contribution in [1.82, 2.24) is 0 Å². The second-order valence-electron chi connectivity index (χ2n) is 3.55. The Balaban J connectivity index is 3.19. The van der Waals surface area contributed by atoms with Crippen LogP contribution in [0.15, 0.2) is 18.2 Å². The van der Waals surface area contributed by atoms with Crippen LogP contribution in [-0.2, 0) is 0 Å². The van der Waals surface area contributed by atoms with Gasteiger partial charge in [0.05, 0.1) is 18.2 Å². The van der Waals surface area contributed by atoms with Crippen LogP contribution in [0.5, 0.6) is 0 Å². The van der Waals surface area contributed by atoms with Crippen LogP contribution in [0.1, 0.15) is 18.6 Å². The lowest BCUT2D eigenvalue weighted by Crippen LogP contribution is -2.25. The Morgan fingerprint density at radius 2 is 1.94 bits per heavy atom. The van der Waals surface area contributed by atoms with E-state index in [0.29, 0.717) is 11.3 Å². The van der Waals surface area contributed by atoms with E-state index in [0.717, 1.165) is 0 Å². The highest BCUT2D eigenvalue weighted by atomic mass is 19.1. The summed E-state index contributed by atoms with van der Waals surface area (Å²) in [5.74, 6) is -0.460. The van der Waals surface area contributed by atoms with Crippen molar-refractivity contribution in [3.8, 4) is 12.1 Å². The maximum atomic E-state index is 13.1. The molecule has 0 aromatic heterocycles. The average Bonchev–Trinajstić information content (AvgIpc) is 2.28. The van der Waals surface area contributed by atoms with Crippen LogP contribution in [0, 0.1) is 28.5 Å². The van der Waals surface area contributed by atoms with Gasteiger partial charge in [-0.15, -0.1) is 0 Å². The number of aliphatic hydroxyl groups excluding tert-OH is 1. The molecule has 5 heteroatoms. The first-order valence-corrected chi connectivity index (χ1v) is 5.06. The number of rotatable bonds is 4. The van der Waals surface area contributed by atoms with Gasteiger partial charge < -0.3 is 10.0 Å². The third kappa shape index (κ3) is 3.17. The minimum atomic E-state index is -0.861. The van der Waals surface area contributed by atoms with E-state index >= 15 is 0 Å². The van der Waals surface area contributed by atoms with Gasteiger partial charge in [0.25, 0.3) is 0 Å². The molecule has 1 aromatic carbocycles. The lowest BCUT2D eigenvalue weighted by molar-refractivity contribution is 0.199. The van der Waals surface area contributed by atoms with Gasteiger partial charge in [0.2, 0.25) is 0 Å². The maximum Gasteiger partial charge on any atom is 0.123 e. The Morgan fingerprint density at radius 3 is 2.41 bits per heavy atom. The molecule has 1 N–H and O–H groups in total. The molecule has 0 bridgehead atoms. The van der Waals surface area contributed by atoms with Crippen LogP contribution < -0.4 is 4.90 Å². The molecule has 1 atom stereocenters. The number of benzene rings is 1. The quantitative estimate of drug-likeness (QED) is 0.804. The molecule has 0 aliphatic carbocycles. The molecular weight excluding hydrogens is 221 g/mol. The van der Waals surface area contributed by atoms with Crippen molar-refractivity contribution in [2.24, 2.45) is 0 Å². The van der Waals surface area contributed by atoms with Crippen molar-refractivity contribution in [3.05, 3.63) is 29.6 Å². The SMILES string of the molecule is C[C@@H](O)c1cc(F)ccc1N(CC#N)CC#N. The summed E-state index contributed by atoms with van der Waals surface area (Å²) in [5.41, 5.74) is 0.875. The molecule has 88 valence electrons. The van der Waals surface area contributed by atoms with Crippen LogP contribution in [0.3, 0.4) is 0 Å². The number of hydrogen-bond donors (Lipinski definition) is 1. The van der Waals surface area contributed by atoms with E-state index in [1.165, 1.54) is 30.0 Å². The Bertz CT molecular complexity index is 458. The molecule has 0 radical (unpaired) electrons. The lowest BCUT2D eigenvalue weighted by Gasteiger charge is -2.22. The van der Waals surface area contributed by atoms with Gasteiger partial charge in [-0.1, -0.05) is 0 Å². The molecule has 17 heavy (non-hydrogen) atoms. The highest BCUT2D eigenvalue weighted by Crippen LogP contribution is 2.27. The summed E-state index contributed by atoms with van der Waals surface area (Å²) in [7, 11) is 0. The Kier molecular flexibility index (Phi) is 4.45. The van der Waals surface area contributed by atoms with Gasteiger partial charge in [0, 0.05) is 11.3 Å². The predicted octanol–water partition coefficient (Wildman–Crippen LogP) is 1.73. The monoisotopic (exact) mass is 233 g/mol. The molecule has 0 aliphatic rings. The van der Waals surface area contributed by atoms with Crippen molar-refractivity contribution in [2.75, 3.05) is 18.0 Å². The minimum absolute atomic E-state index is 0.0128. The molecule has 0 spiro atoms. The van der Waals surface area contributed by atoms with Crippen molar-refractivity contribution in [2.45, 2.75) is 13.0 Å². The van der Waals surface area contributed by atoms with Crippen LogP contribution >= 0.6 is 0 Å². The summed E-state index contributed by atoms with van der Waals surface area (Å²) in [4.78, 5) is 1.49. The highest BCUT2D eigenvalue weighted by molar-refractivity contribution is 5.56. The zero-order valence-corrected chi connectivity index (χ0v) is 9.39. The Hall–Kier alpha value is -2.11. The van der Waals surface area contributed by atoms with Gasteiger partial charge in [0.1, 0.15) is 18.9 Å². The molecule has 0 aliphatic heterocycles. The zero-order chi connectivity index (χ0) is 12.8. The summed E-state index contributed by atoms with van der Waals surface area (Å²) >= 11 is 0. The van der Waals surface area contributed by atoms with E-state index in [2.05, 4.69) is 0 Å². The van der Waals surface area contributed by atoms with Crippen molar-refractivity contribution < 1.29 is 9.50 Å². The fourth-order valence-corrected chi connectivity index (χ4v) is 1.54. The second-order valence-corrected chi connectivity index (χ2v) is 3.55. The molecule has 1 aromatic rings. The molecule has 1 rings (SSSR count). The number of halogens is 1. The van der Waals surface area contributed by atoms with Crippen molar-refractivity contribution >= 4 is 5.69 Å². The molecule has 0 saturated heterocycles. The van der Waals surface area contributed by atoms with E-state index in [9.17, 15) is 9.50 Å². The number of hydrogen-bond acceptors (Lipinski definition) is 4. The minimum Gasteiger partial charge on any atom is -0.389 e. The van der Waals surface area contributed by atoms with Crippen LogP contribution in [0.25, 0.3) is 0 Å². The summed E-state index contributed by atoms with van der Waals surface area (Å²) in [5, 5.41) is 26.9. The number of anilines is 1. The molecular formula is C12H12FN3O. The second kappa shape index (κ2) is 5.83. The molecule has 0 saturated carbocycles. The number of nitriles is 2. The number of aliphatic hydroxyl groups is 1. The first-order chi connectivity index (χ1) is 8.10. The van der Waals surface area contributed by atoms with E-state index in [-0.39, 0.29) is 13.1 Å². The number of nitrogens with zero attached hydrogens (tertiary/aromatic N) is 3. The van der Waals surface area contributed by atoms with E-state index < -0.39 is 11.9 Å². The predicted molar refractivity (Wildman–Crippen MR) is 60.5 cm³/mol. The molecule has 0 heterocycles. The molecule has 4 nitrogen and oxygen atoms in total. The van der Waals surface area contributed by atoms with Gasteiger partial charge >= 0.3 is 0 Å². The Morgan fingerprint density at radius 1 is 1.35 bits per heavy atom. The highest BCUT2D eigenvalue weighted by Gasteiger charge is 2.14. The summed E-state index contributed by atoms with van der Waals surface area (Å²) < 4.78 is 13.1. The van der Waals surface area contributed by atoms with Crippen LogP contribution in [0.2, 0.25) is 0 Å². The van der Waals surface area contributed by atoms with Gasteiger partial charge in [-0.05, 0) is 25.1 Å². The van der Waals surface area contributed by atoms with Crippen molar-refractivity contribution in [3.63, 3.8) is 0 Å². The van der Waals surface area contributed by atoms with Gasteiger partial charge in [-0.3, -0.25) is 0 Å². The summed E-state index contributed by atoms with van der Waals surface area (Å²) in [6.07, 6.45) is -0.861. The lowest BCUT2D eigenvalue weighted by atomic mass is 10.1. The normalized spacial score (nSPS) is 11.4. The van der Waals surface area contributed by atoms with Gasteiger partial charge in [-0.25, -0.2) is 4.39 Å². The molecule has 0 amide bonds. The van der Waals surface area contributed by atoms with Crippen molar-refractivity contribution in [1.29, 1.82) is 10.5 Å². The molecule has 0 fully saturated rings.